The minimum Gasteiger partial charge on any atom is -0.368 e. The van der Waals surface area contributed by atoms with Crippen molar-refractivity contribution in [1.82, 2.24) is 5.32 Å². The van der Waals surface area contributed by atoms with Gasteiger partial charge in [-0.1, -0.05) is 21.6 Å². The summed E-state index contributed by atoms with van der Waals surface area (Å²) in [5.74, 6) is -0.893. The Bertz CT molecular complexity index is 365. The monoisotopic (exact) mass is 332 g/mol. The van der Waals surface area contributed by atoms with Crippen LogP contribution in [0.25, 0.3) is 0 Å². The summed E-state index contributed by atoms with van der Waals surface area (Å²) in [7, 11) is -1.83. The van der Waals surface area contributed by atoms with Crippen LogP contribution in [0, 0.1) is 0 Å². The minimum absolute atomic E-state index is 0.186. The summed E-state index contributed by atoms with van der Waals surface area (Å²) in [4.78, 5) is 39.0. The van der Waals surface area contributed by atoms with E-state index in [4.69, 9.17) is 27.0 Å². The third-order valence-corrected chi connectivity index (χ3v) is 4.86. The van der Waals surface area contributed by atoms with Gasteiger partial charge in [0.25, 0.3) is 0 Å². The van der Waals surface area contributed by atoms with Crippen molar-refractivity contribution in [3.8, 4) is 0 Å². The molecule has 19 heavy (non-hydrogen) atoms. The molecule has 0 fully saturated rings. The van der Waals surface area contributed by atoms with Crippen LogP contribution in [0.4, 0.5) is 0 Å². The van der Waals surface area contributed by atoms with Crippen molar-refractivity contribution < 1.29 is 23.9 Å². The highest BCUT2D eigenvalue weighted by molar-refractivity contribution is 8.76. The molecule has 0 aliphatic rings. The Hall–Kier alpha value is -0.290. The zero-order chi connectivity index (χ0) is 15.1. The van der Waals surface area contributed by atoms with Gasteiger partial charge in [-0.2, -0.15) is 0 Å². The molecule has 0 aliphatic carbocycles. The molecule has 0 saturated heterocycles. The van der Waals surface area contributed by atoms with Crippen LogP contribution in [0.15, 0.2) is 0 Å². The Morgan fingerprint density at radius 2 is 1.68 bits per heavy atom. The zero-order valence-corrected chi connectivity index (χ0v) is 12.4. The molecule has 1 unspecified atom stereocenters. The number of carbonyl (C=O) groups is 2. The Morgan fingerprint density at radius 3 is 2.11 bits per heavy atom. The number of hydrogen-bond donors (Lipinski definition) is 6. The summed E-state index contributed by atoms with van der Waals surface area (Å²) in [5.41, 5.74) is 15.4. The summed E-state index contributed by atoms with van der Waals surface area (Å²) < 4.78 is 10.7. The van der Waals surface area contributed by atoms with E-state index in [1.807, 2.05) is 0 Å². The normalized spacial score (nSPS) is 14.9. The SMILES string of the molecule is NC(=O)C(N)CSSC[C@H](NCP(=O)(O)O)C(N)=O. The molecular formula is C7H17N4O5PS2. The summed E-state index contributed by atoms with van der Waals surface area (Å²) in [6, 6.07) is -1.66. The second kappa shape index (κ2) is 8.80. The molecule has 2 amide bonds. The quantitative estimate of drug-likeness (QED) is 0.146. The topological polar surface area (TPSA) is 182 Å². The number of nitrogens with one attached hydrogen (secondary N) is 1. The van der Waals surface area contributed by atoms with Crippen LogP contribution >= 0.6 is 29.2 Å². The van der Waals surface area contributed by atoms with E-state index in [0.717, 1.165) is 0 Å². The smallest absolute Gasteiger partial charge is 0.339 e. The molecule has 2 atom stereocenters. The molecule has 0 aromatic rings. The van der Waals surface area contributed by atoms with Crippen LogP contribution in [-0.2, 0) is 14.2 Å². The van der Waals surface area contributed by atoms with Crippen molar-refractivity contribution in [3.05, 3.63) is 0 Å². The predicted molar refractivity (Wildman–Crippen MR) is 75.1 cm³/mol. The van der Waals surface area contributed by atoms with Crippen LogP contribution in [0.5, 0.6) is 0 Å². The van der Waals surface area contributed by atoms with Crippen LogP contribution in [0.3, 0.4) is 0 Å². The van der Waals surface area contributed by atoms with Gasteiger partial charge in [0.2, 0.25) is 11.8 Å². The van der Waals surface area contributed by atoms with Gasteiger partial charge in [-0.15, -0.1) is 0 Å². The Morgan fingerprint density at radius 1 is 1.16 bits per heavy atom. The number of hydrogen-bond acceptors (Lipinski definition) is 7. The van der Waals surface area contributed by atoms with E-state index in [1.165, 1.54) is 21.6 Å². The summed E-state index contributed by atoms with van der Waals surface area (Å²) in [6.07, 6.45) is -0.632. The number of carbonyl (C=O) groups excluding carboxylic acids is 2. The van der Waals surface area contributed by atoms with Gasteiger partial charge in [-0.05, 0) is 0 Å². The third-order valence-electron chi connectivity index (χ3n) is 1.82. The maximum absolute atomic E-state index is 11.0. The van der Waals surface area contributed by atoms with E-state index in [9.17, 15) is 14.2 Å². The molecule has 0 aromatic heterocycles. The fraction of sp³-hybridized carbons (Fsp3) is 0.714. The Labute approximate surface area is 118 Å². The molecule has 12 heteroatoms. The molecule has 0 rings (SSSR count). The lowest BCUT2D eigenvalue weighted by molar-refractivity contribution is -0.119. The van der Waals surface area contributed by atoms with E-state index in [2.05, 4.69) is 5.32 Å². The minimum atomic E-state index is -4.24. The first-order valence-corrected chi connectivity index (χ1v) is 9.28. The third kappa shape index (κ3) is 10.2. The molecule has 9 nitrogen and oxygen atoms in total. The van der Waals surface area contributed by atoms with Gasteiger partial charge >= 0.3 is 7.60 Å². The van der Waals surface area contributed by atoms with Gasteiger partial charge in [-0.25, -0.2) is 0 Å². The van der Waals surface area contributed by atoms with Crippen molar-refractivity contribution in [2.24, 2.45) is 17.2 Å². The molecule has 0 heterocycles. The fourth-order valence-electron chi connectivity index (χ4n) is 0.790. The molecule has 112 valence electrons. The van der Waals surface area contributed by atoms with Crippen molar-refractivity contribution in [1.29, 1.82) is 0 Å². The standard InChI is InChI=1S/C7H17N4O5PS2/c8-4(6(9)12)1-18-19-2-5(7(10)13)11-3-17(14,15)16/h4-5,11H,1-3,8H2,(H2,9,12)(H2,10,13)(H2,14,15,16)/t4?,5-/m0/s1. The number of nitrogens with two attached hydrogens (primary N) is 3. The molecule has 0 saturated carbocycles. The maximum Gasteiger partial charge on any atom is 0.339 e. The first-order chi connectivity index (χ1) is 8.63. The van der Waals surface area contributed by atoms with E-state index < -0.39 is 37.8 Å². The molecule has 0 bridgehead atoms. The van der Waals surface area contributed by atoms with Gasteiger partial charge in [0.05, 0.1) is 18.4 Å². The van der Waals surface area contributed by atoms with Gasteiger partial charge in [-0.3, -0.25) is 19.5 Å². The fourth-order valence-corrected chi connectivity index (χ4v) is 3.60. The average molecular weight is 332 g/mol. The summed E-state index contributed by atoms with van der Waals surface area (Å²) >= 11 is 0. The lowest BCUT2D eigenvalue weighted by atomic mass is 10.3. The van der Waals surface area contributed by atoms with Crippen molar-refractivity contribution in [2.45, 2.75) is 12.1 Å². The van der Waals surface area contributed by atoms with Gasteiger partial charge in [0.15, 0.2) is 0 Å². The van der Waals surface area contributed by atoms with Crippen LogP contribution < -0.4 is 22.5 Å². The van der Waals surface area contributed by atoms with Crippen LogP contribution in [0.2, 0.25) is 0 Å². The molecule has 9 N–H and O–H groups in total. The lowest BCUT2D eigenvalue weighted by Crippen LogP contribution is -2.43. The van der Waals surface area contributed by atoms with Crippen LogP contribution in [-0.4, -0.2) is 51.5 Å². The average Bonchev–Trinajstić information content (AvgIpc) is 2.25. The molecule has 0 aliphatic heterocycles. The Kier molecular flexibility index (Phi) is 8.66. The van der Waals surface area contributed by atoms with E-state index in [1.54, 1.807) is 0 Å². The highest BCUT2D eigenvalue weighted by atomic mass is 33.1. The highest BCUT2D eigenvalue weighted by Crippen LogP contribution is 2.32. The first kappa shape index (κ1) is 18.7. The highest BCUT2D eigenvalue weighted by Gasteiger charge is 2.20. The molecule has 0 spiro atoms. The molecule has 0 aromatic carbocycles. The van der Waals surface area contributed by atoms with Crippen molar-refractivity contribution in [3.63, 3.8) is 0 Å². The van der Waals surface area contributed by atoms with Crippen molar-refractivity contribution >= 4 is 41.0 Å². The van der Waals surface area contributed by atoms with E-state index in [-0.39, 0.29) is 11.5 Å². The first-order valence-electron chi connectivity index (χ1n) is 5.00. The van der Waals surface area contributed by atoms with Crippen molar-refractivity contribution in [2.75, 3.05) is 17.8 Å². The predicted octanol–water partition coefficient (Wildman–Crippen LogP) is -2.24. The zero-order valence-electron chi connectivity index (χ0n) is 9.89. The largest absolute Gasteiger partial charge is 0.368 e. The maximum atomic E-state index is 11.0. The van der Waals surface area contributed by atoms with Gasteiger partial charge in [0, 0.05) is 11.5 Å². The number of amides is 2. The summed E-state index contributed by atoms with van der Waals surface area (Å²) in [6.45, 7) is 0. The van der Waals surface area contributed by atoms with E-state index >= 15 is 0 Å². The van der Waals surface area contributed by atoms with Gasteiger partial charge < -0.3 is 27.0 Å². The number of primary amides is 2. The number of rotatable bonds is 10. The second-order valence-electron chi connectivity index (χ2n) is 3.56. The van der Waals surface area contributed by atoms with Gasteiger partial charge in [0.1, 0.15) is 0 Å². The Balaban J connectivity index is 3.99. The lowest BCUT2D eigenvalue weighted by Gasteiger charge is -2.15. The van der Waals surface area contributed by atoms with Crippen LogP contribution in [0.1, 0.15) is 0 Å². The molecule has 0 radical (unpaired) electrons. The second-order valence-corrected chi connectivity index (χ2v) is 7.76. The molecular weight excluding hydrogens is 315 g/mol. The summed E-state index contributed by atoms with van der Waals surface area (Å²) in [5, 5.41) is 2.38. The van der Waals surface area contributed by atoms with E-state index in [0.29, 0.717) is 0 Å².